The summed E-state index contributed by atoms with van der Waals surface area (Å²) in [6, 6.07) is 4.84. The van der Waals surface area contributed by atoms with Crippen molar-refractivity contribution >= 4 is 29.2 Å². The first-order valence-electron chi connectivity index (χ1n) is 7.28. The fourth-order valence-corrected chi connectivity index (χ4v) is 2.85. The van der Waals surface area contributed by atoms with Gasteiger partial charge in [0.25, 0.3) is 0 Å². The molecule has 1 heterocycles. The lowest BCUT2D eigenvalue weighted by Crippen LogP contribution is -2.25. The van der Waals surface area contributed by atoms with Gasteiger partial charge in [0.2, 0.25) is 0 Å². The van der Waals surface area contributed by atoms with Crippen LogP contribution in [0, 0.1) is 0 Å². The fraction of sp³-hybridized carbons (Fsp3) is 0.375. The van der Waals surface area contributed by atoms with Crippen molar-refractivity contribution in [3.05, 3.63) is 39.6 Å². The smallest absolute Gasteiger partial charge is 0.344 e. The lowest BCUT2D eigenvalue weighted by molar-refractivity contribution is 0.00273. The number of aliphatic hydroxyl groups excluding tert-OH is 1. The van der Waals surface area contributed by atoms with Gasteiger partial charge in [0.1, 0.15) is 16.9 Å². The van der Waals surface area contributed by atoms with Gasteiger partial charge in [-0.25, -0.2) is 4.79 Å². The second-order valence-electron chi connectivity index (χ2n) is 5.30. The first-order valence-corrected chi connectivity index (χ1v) is 8.04. The third-order valence-electron chi connectivity index (χ3n) is 3.46. The highest BCUT2D eigenvalue weighted by atomic mass is 35.5. The van der Waals surface area contributed by atoms with Gasteiger partial charge in [-0.2, -0.15) is 0 Å². The van der Waals surface area contributed by atoms with Crippen LogP contribution >= 0.6 is 23.2 Å². The molecule has 0 saturated carbocycles. The lowest BCUT2D eigenvalue weighted by Gasteiger charge is -2.19. The number of hydrogen-bond donors (Lipinski definition) is 2. The van der Waals surface area contributed by atoms with Crippen molar-refractivity contribution in [2.45, 2.75) is 25.9 Å². The largest absolute Gasteiger partial charge is 0.462 e. The number of ether oxygens (including phenoxy) is 1. The topological polar surface area (TPSA) is 92.8 Å². The van der Waals surface area contributed by atoms with Crippen LogP contribution in [-0.4, -0.2) is 34.6 Å². The quantitative estimate of drug-likeness (QED) is 0.753. The van der Waals surface area contributed by atoms with Crippen LogP contribution in [0.25, 0.3) is 11.3 Å². The van der Waals surface area contributed by atoms with E-state index in [1.165, 1.54) is 6.92 Å². The van der Waals surface area contributed by atoms with E-state index in [0.717, 1.165) is 0 Å². The van der Waals surface area contributed by atoms with Crippen molar-refractivity contribution in [1.82, 2.24) is 5.16 Å². The number of benzene rings is 1. The van der Waals surface area contributed by atoms with Gasteiger partial charge in [0.15, 0.2) is 5.76 Å². The fourth-order valence-electron chi connectivity index (χ4n) is 2.28. The summed E-state index contributed by atoms with van der Waals surface area (Å²) >= 11 is 12.4. The molecule has 0 saturated heterocycles. The number of aliphatic hydroxyl groups is 2. The molecule has 2 rings (SSSR count). The summed E-state index contributed by atoms with van der Waals surface area (Å²) < 4.78 is 10.3. The van der Waals surface area contributed by atoms with Gasteiger partial charge in [-0.15, -0.1) is 0 Å². The van der Waals surface area contributed by atoms with E-state index in [4.69, 9.17) is 37.6 Å². The molecule has 1 aromatic heterocycles. The first kappa shape index (κ1) is 18.7. The van der Waals surface area contributed by atoms with Crippen LogP contribution in [0.4, 0.5) is 0 Å². The molecular weight excluding hydrogens is 357 g/mol. The van der Waals surface area contributed by atoms with Crippen molar-refractivity contribution in [2.75, 3.05) is 13.2 Å². The van der Waals surface area contributed by atoms with Crippen LogP contribution in [0.5, 0.6) is 0 Å². The molecule has 0 amide bonds. The second kappa shape index (κ2) is 7.53. The van der Waals surface area contributed by atoms with E-state index >= 15 is 0 Å². The van der Waals surface area contributed by atoms with E-state index in [1.807, 2.05) is 0 Å². The van der Waals surface area contributed by atoms with Crippen LogP contribution in [0.2, 0.25) is 10.0 Å². The van der Waals surface area contributed by atoms with Crippen LogP contribution in [0.15, 0.2) is 22.7 Å². The van der Waals surface area contributed by atoms with E-state index in [-0.39, 0.29) is 46.7 Å². The molecule has 2 N–H and O–H groups in total. The van der Waals surface area contributed by atoms with Gasteiger partial charge in [-0.05, 0) is 26.0 Å². The average molecular weight is 374 g/mol. The van der Waals surface area contributed by atoms with Gasteiger partial charge in [-0.1, -0.05) is 34.4 Å². The third-order valence-corrected chi connectivity index (χ3v) is 4.09. The molecule has 130 valence electrons. The van der Waals surface area contributed by atoms with Crippen molar-refractivity contribution in [3.8, 4) is 11.3 Å². The Morgan fingerprint density at radius 2 is 2.00 bits per heavy atom. The summed E-state index contributed by atoms with van der Waals surface area (Å²) in [6.07, 6.45) is -0.0513. The number of hydrogen-bond acceptors (Lipinski definition) is 6. The number of halogens is 2. The molecule has 0 radical (unpaired) electrons. The predicted octanol–water partition coefficient (Wildman–Crippen LogP) is 3.42. The molecule has 1 unspecified atom stereocenters. The van der Waals surface area contributed by atoms with E-state index in [0.29, 0.717) is 5.56 Å². The molecule has 0 aliphatic heterocycles. The van der Waals surface area contributed by atoms with Crippen LogP contribution < -0.4 is 0 Å². The zero-order valence-corrected chi connectivity index (χ0v) is 14.7. The molecule has 8 heteroatoms. The summed E-state index contributed by atoms with van der Waals surface area (Å²) in [4.78, 5) is 12.4. The Labute approximate surface area is 148 Å². The zero-order valence-electron chi connectivity index (χ0n) is 13.2. The Bertz CT molecular complexity index is 722. The van der Waals surface area contributed by atoms with E-state index in [9.17, 15) is 9.90 Å². The summed E-state index contributed by atoms with van der Waals surface area (Å²) in [6.45, 7) is 2.88. The summed E-state index contributed by atoms with van der Waals surface area (Å²) in [5, 5.41) is 24.1. The standard InChI is InChI=1S/C16H17Cl2NO5/c1-3-23-15(21)12-13(11-9(17)5-4-6-10(11)18)19-24-14(12)16(2,22)7-8-20/h4-6,20,22H,3,7-8H2,1-2H3. The molecule has 0 bridgehead atoms. The van der Waals surface area contributed by atoms with Crippen molar-refractivity contribution in [1.29, 1.82) is 0 Å². The molecule has 0 aliphatic carbocycles. The average Bonchev–Trinajstić information content (AvgIpc) is 2.93. The predicted molar refractivity (Wildman–Crippen MR) is 89.2 cm³/mol. The highest BCUT2D eigenvalue weighted by Crippen LogP contribution is 2.40. The monoisotopic (exact) mass is 373 g/mol. The van der Waals surface area contributed by atoms with E-state index < -0.39 is 11.6 Å². The molecule has 1 aromatic carbocycles. The summed E-state index contributed by atoms with van der Waals surface area (Å²) in [5.41, 5.74) is -1.29. The molecule has 0 fully saturated rings. The Kier molecular flexibility index (Phi) is 5.87. The Morgan fingerprint density at radius 3 is 2.54 bits per heavy atom. The number of carbonyl (C=O) groups excluding carboxylic acids is 1. The Balaban J connectivity index is 2.70. The Hall–Kier alpha value is -1.60. The highest BCUT2D eigenvalue weighted by molar-refractivity contribution is 6.39. The number of rotatable bonds is 6. The molecule has 0 aliphatic rings. The minimum absolute atomic E-state index is 0.0513. The zero-order chi connectivity index (χ0) is 17.9. The van der Waals surface area contributed by atoms with Crippen LogP contribution in [0.1, 0.15) is 36.4 Å². The minimum Gasteiger partial charge on any atom is -0.462 e. The van der Waals surface area contributed by atoms with Crippen molar-refractivity contribution < 1.29 is 24.3 Å². The van der Waals surface area contributed by atoms with Crippen molar-refractivity contribution in [2.24, 2.45) is 0 Å². The van der Waals surface area contributed by atoms with Crippen LogP contribution in [-0.2, 0) is 10.3 Å². The summed E-state index contributed by atoms with van der Waals surface area (Å²) in [7, 11) is 0. The Morgan fingerprint density at radius 1 is 1.38 bits per heavy atom. The number of carbonyl (C=O) groups is 1. The SMILES string of the molecule is CCOC(=O)c1c(-c2c(Cl)cccc2Cl)noc1C(C)(O)CCO. The van der Waals surface area contributed by atoms with Crippen molar-refractivity contribution in [3.63, 3.8) is 0 Å². The normalized spacial score (nSPS) is 13.6. The summed E-state index contributed by atoms with van der Waals surface area (Å²) in [5.74, 6) is -0.834. The molecule has 1 atom stereocenters. The van der Waals surface area contributed by atoms with Gasteiger partial charge in [0.05, 0.1) is 16.7 Å². The van der Waals surface area contributed by atoms with Gasteiger partial charge < -0.3 is 19.5 Å². The van der Waals surface area contributed by atoms with Crippen LogP contribution in [0.3, 0.4) is 0 Å². The van der Waals surface area contributed by atoms with Gasteiger partial charge in [-0.3, -0.25) is 0 Å². The maximum absolute atomic E-state index is 12.4. The maximum Gasteiger partial charge on any atom is 0.344 e. The highest BCUT2D eigenvalue weighted by Gasteiger charge is 2.37. The number of aromatic nitrogens is 1. The number of esters is 1. The molecule has 0 spiro atoms. The minimum atomic E-state index is -1.62. The second-order valence-corrected chi connectivity index (χ2v) is 6.11. The van der Waals surface area contributed by atoms with Gasteiger partial charge >= 0.3 is 5.97 Å². The van der Waals surface area contributed by atoms with E-state index in [1.54, 1.807) is 25.1 Å². The molecule has 24 heavy (non-hydrogen) atoms. The molecule has 6 nitrogen and oxygen atoms in total. The van der Waals surface area contributed by atoms with E-state index in [2.05, 4.69) is 5.16 Å². The number of nitrogens with zero attached hydrogens (tertiary/aromatic N) is 1. The maximum atomic E-state index is 12.4. The third kappa shape index (κ3) is 3.57. The molecular formula is C16H17Cl2NO5. The first-order chi connectivity index (χ1) is 11.3. The lowest BCUT2D eigenvalue weighted by atomic mass is 9.93. The van der Waals surface area contributed by atoms with Gasteiger partial charge in [0, 0.05) is 18.6 Å². The molecule has 2 aromatic rings.